The Bertz CT molecular complexity index is 103. The fourth-order valence-electron chi connectivity index (χ4n) is 1.92. The van der Waals surface area contributed by atoms with Crippen molar-refractivity contribution in [3.8, 4) is 0 Å². The fraction of sp³-hybridized carbons (Fsp3) is 1.00. The van der Waals surface area contributed by atoms with Gasteiger partial charge in [0.25, 0.3) is 0 Å². The van der Waals surface area contributed by atoms with Gasteiger partial charge in [0.2, 0.25) is 0 Å². The van der Waals surface area contributed by atoms with E-state index in [4.69, 9.17) is 16.3 Å². The minimum Gasteiger partial charge on any atom is -0.366 e. The van der Waals surface area contributed by atoms with Crippen LogP contribution in [0.3, 0.4) is 0 Å². The molecule has 0 aliphatic carbocycles. The molecular weight excluding hydrogens is 220 g/mol. The molecule has 0 amide bonds. The average molecular weight is 249 g/mol. The molecule has 0 unspecified atom stereocenters. The van der Waals surface area contributed by atoms with Gasteiger partial charge in [-0.3, -0.25) is 0 Å². The minimum atomic E-state index is 0.345. The summed E-state index contributed by atoms with van der Waals surface area (Å²) in [5.41, 5.74) is 0. The van der Waals surface area contributed by atoms with Crippen LogP contribution in [-0.2, 0) is 4.74 Å². The molecule has 0 heterocycles. The summed E-state index contributed by atoms with van der Waals surface area (Å²) in [6, 6.07) is 0.345. The molecule has 0 N–H and O–H groups in total. The summed E-state index contributed by atoms with van der Waals surface area (Å²) in [6.07, 6.45) is 15.2. The molecule has 0 bridgehead atoms. The molecule has 0 fully saturated rings. The zero-order valence-corrected chi connectivity index (χ0v) is 11.7. The van der Waals surface area contributed by atoms with E-state index in [-0.39, 0.29) is 0 Å². The van der Waals surface area contributed by atoms with E-state index in [1.165, 1.54) is 70.6 Å². The Morgan fingerprint density at radius 3 is 1.56 bits per heavy atom. The first-order valence-corrected chi connectivity index (χ1v) is 7.59. The normalized spacial score (nSPS) is 10.9. The predicted octanol–water partition coefficient (Wildman–Crippen LogP) is 5.51. The third kappa shape index (κ3) is 14.2. The van der Waals surface area contributed by atoms with Crippen LogP contribution in [0.15, 0.2) is 0 Å². The van der Waals surface area contributed by atoms with E-state index < -0.39 is 0 Å². The fourth-order valence-corrected chi connectivity index (χ4v) is 2.03. The summed E-state index contributed by atoms with van der Waals surface area (Å²) >= 11 is 5.41. The van der Waals surface area contributed by atoms with Gasteiger partial charge in [0.1, 0.15) is 6.07 Å². The molecule has 0 aliphatic rings. The van der Waals surface area contributed by atoms with Crippen molar-refractivity contribution in [3.63, 3.8) is 0 Å². The third-order valence-electron chi connectivity index (χ3n) is 2.97. The zero-order valence-electron chi connectivity index (χ0n) is 11.0. The van der Waals surface area contributed by atoms with Crippen molar-refractivity contribution < 1.29 is 4.74 Å². The Kier molecular flexibility index (Phi) is 15.5. The van der Waals surface area contributed by atoms with Gasteiger partial charge in [0, 0.05) is 6.61 Å². The Hall–Kier alpha value is 0.250. The van der Waals surface area contributed by atoms with Gasteiger partial charge in [-0.05, 0) is 6.42 Å². The summed E-state index contributed by atoms with van der Waals surface area (Å²) in [5, 5.41) is 0. The summed E-state index contributed by atoms with van der Waals surface area (Å²) in [7, 11) is 0. The monoisotopic (exact) mass is 248 g/mol. The second kappa shape index (κ2) is 15.2. The Balaban J connectivity index is 2.83. The van der Waals surface area contributed by atoms with Gasteiger partial charge in [0.15, 0.2) is 0 Å². The van der Waals surface area contributed by atoms with Crippen LogP contribution in [0.5, 0.6) is 0 Å². The number of halogens is 1. The van der Waals surface area contributed by atoms with E-state index >= 15 is 0 Å². The summed E-state index contributed by atoms with van der Waals surface area (Å²) in [5.74, 6) is 0. The number of hydrogen-bond acceptors (Lipinski definition) is 1. The van der Waals surface area contributed by atoms with Gasteiger partial charge in [-0.15, -0.1) is 0 Å². The standard InChI is InChI=1S/C14H29ClO/c1-2-3-4-5-6-7-8-9-10-11-12-13-16-14-15/h2-14H2,1H3. The molecule has 16 heavy (non-hydrogen) atoms. The number of hydrogen-bond donors (Lipinski definition) is 0. The van der Waals surface area contributed by atoms with E-state index in [1.54, 1.807) is 0 Å². The Morgan fingerprint density at radius 1 is 0.688 bits per heavy atom. The van der Waals surface area contributed by atoms with Crippen LogP contribution in [0.2, 0.25) is 0 Å². The van der Waals surface area contributed by atoms with Gasteiger partial charge in [0.05, 0.1) is 0 Å². The predicted molar refractivity (Wildman–Crippen MR) is 73.1 cm³/mol. The molecule has 0 rings (SSSR count). The highest BCUT2D eigenvalue weighted by atomic mass is 35.5. The van der Waals surface area contributed by atoms with Crippen molar-refractivity contribution >= 4 is 11.6 Å². The third-order valence-corrected chi connectivity index (χ3v) is 3.12. The van der Waals surface area contributed by atoms with Crippen molar-refractivity contribution in [3.05, 3.63) is 0 Å². The van der Waals surface area contributed by atoms with Crippen LogP contribution >= 0.6 is 11.6 Å². The average Bonchev–Trinajstić information content (AvgIpc) is 2.31. The summed E-state index contributed by atoms with van der Waals surface area (Å²) in [4.78, 5) is 0. The molecule has 0 aromatic heterocycles. The second-order valence-corrected chi connectivity index (χ2v) is 4.77. The highest BCUT2D eigenvalue weighted by Gasteiger charge is 1.92. The Labute approximate surface area is 107 Å². The molecule has 0 spiro atoms. The topological polar surface area (TPSA) is 9.23 Å². The maximum Gasteiger partial charge on any atom is 0.120 e. The molecule has 2 heteroatoms. The van der Waals surface area contributed by atoms with Gasteiger partial charge in [-0.1, -0.05) is 82.7 Å². The first-order chi connectivity index (χ1) is 7.91. The first kappa shape index (κ1) is 16.2. The summed E-state index contributed by atoms with van der Waals surface area (Å²) < 4.78 is 5.08. The van der Waals surface area contributed by atoms with E-state index in [1.807, 2.05) is 0 Å². The van der Waals surface area contributed by atoms with Crippen molar-refractivity contribution in [2.24, 2.45) is 0 Å². The zero-order chi connectivity index (χ0) is 11.9. The maximum atomic E-state index is 5.41. The van der Waals surface area contributed by atoms with Crippen molar-refractivity contribution in [1.29, 1.82) is 0 Å². The summed E-state index contributed by atoms with van der Waals surface area (Å²) in [6.45, 7) is 3.11. The van der Waals surface area contributed by atoms with Gasteiger partial charge in [-0.2, -0.15) is 0 Å². The molecule has 0 saturated heterocycles. The lowest BCUT2D eigenvalue weighted by molar-refractivity contribution is 0.173. The highest BCUT2D eigenvalue weighted by Crippen LogP contribution is 2.11. The minimum absolute atomic E-state index is 0.345. The smallest absolute Gasteiger partial charge is 0.120 e. The van der Waals surface area contributed by atoms with Gasteiger partial charge >= 0.3 is 0 Å². The van der Waals surface area contributed by atoms with Crippen LogP contribution in [0.1, 0.15) is 77.6 Å². The molecule has 0 aromatic carbocycles. The molecular formula is C14H29ClO. The highest BCUT2D eigenvalue weighted by molar-refractivity contribution is 6.17. The van der Waals surface area contributed by atoms with Crippen LogP contribution in [0, 0.1) is 0 Å². The van der Waals surface area contributed by atoms with E-state index in [0.29, 0.717) is 6.07 Å². The molecule has 0 radical (unpaired) electrons. The number of rotatable bonds is 13. The van der Waals surface area contributed by atoms with Crippen molar-refractivity contribution in [2.45, 2.75) is 77.6 Å². The van der Waals surface area contributed by atoms with Crippen LogP contribution in [0.25, 0.3) is 0 Å². The SMILES string of the molecule is CCCCCCCCCCCCCOCCl. The Morgan fingerprint density at radius 2 is 1.12 bits per heavy atom. The molecule has 0 atom stereocenters. The van der Waals surface area contributed by atoms with Crippen LogP contribution in [0.4, 0.5) is 0 Å². The molecule has 98 valence electrons. The van der Waals surface area contributed by atoms with E-state index in [9.17, 15) is 0 Å². The molecule has 0 aliphatic heterocycles. The lowest BCUT2D eigenvalue weighted by Gasteiger charge is -2.02. The quantitative estimate of drug-likeness (QED) is 0.308. The molecule has 0 saturated carbocycles. The van der Waals surface area contributed by atoms with Crippen molar-refractivity contribution in [2.75, 3.05) is 12.7 Å². The van der Waals surface area contributed by atoms with Crippen LogP contribution in [-0.4, -0.2) is 12.7 Å². The lowest BCUT2D eigenvalue weighted by Crippen LogP contribution is -1.91. The lowest BCUT2D eigenvalue weighted by atomic mass is 10.1. The maximum absolute atomic E-state index is 5.41. The first-order valence-electron chi connectivity index (χ1n) is 7.05. The number of alkyl halides is 1. The van der Waals surface area contributed by atoms with Crippen LogP contribution < -0.4 is 0 Å². The van der Waals surface area contributed by atoms with Gasteiger partial charge in [-0.25, -0.2) is 0 Å². The number of unbranched alkanes of at least 4 members (excludes halogenated alkanes) is 10. The number of ether oxygens (including phenoxy) is 1. The largest absolute Gasteiger partial charge is 0.366 e. The molecule has 1 nitrogen and oxygen atoms in total. The van der Waals surface area contributed by atoms with E-state index in [0.717, 1.165) is 6.61 Å². The van der Waals surface area contributed by atoms with Crippen molar-refractivity contribution in [1.82, 2.24) is 0 Å². The van der Waals surface area contributed by atoms with E-state index in [2.05, 4.69) is 6.92 Å². The molecule has 0 aromatic rings. The second-order valence-electron chi connectivity index (χ2n) is 4.55. The van der Waals surface area contributed by atoms with Gasteiger partial charge < -0.3 is 4.74 Å².